The molecule has 0 heterocycles. The van der Waals surface area contributed by atoms with Gasteiger partial charge in [-0.3, -0.25) is 0 Å². The Morgan fingerprint density at radius 1 is 1.29 bits per heavy atom. The Bertz CT molecular complexity index is 474. The number of hydrogen-bond acceptors (Lipinski definition) is 3. The molecule has 0 bridgehead atoms. The number of aryl methyl sites for hydroxylation is 1. The first-order valence-electron chi connectivity index (χ1n) is 8.25. The van der Waals surface area contributed by atoms with Gasteiger partial charge < -0.3 is 10.4 Å². The lowest BCUT2D eigenvalue weighted by molar-refractivity contribution is 0.122. The van der Waals surface area contributed by atoms with Gasteiger partial charge in [-0.05, 0) is 50.2 Å². The molecular weight excluding hydrogens is 278 g/mol. The Morgan fingerprint density at radius 3 is 2.81 bits per heavy atom. The zero-order valence-electron chi connectivity index (χ0n) is 13.0. The van der Waals surface area contributed by atoms with Crippen molar-refractivity contribution in [2.75, 3.05) is 6.61 Å². The van der Waals surface area contributed by atoms with Crippen molar-refractivity contribution < 1.29 is 5.11 Å². The fourth-order valence-corrected chi connectivity index (χ4v) is 4.92. The summed E-state index contributed by atoms with van der Waals surface area (Å²) >= 11 is 2.08. The molecule has 2 aliphatic rings. The van der Waals surface area contributed by atoms with Crippen LogP contribution in [0.5, 0.6) is 0 Å². The molecule has 0 saturated heterocycles. The number of benzene rings is 1. The molecule has 2 atom stereocenters. The second-order valence-corrected chi connectivity index (χ2v) is 8.10. The lowest BCUT2D eigenvalue weighted by Crippen LogP contribution is -2.53. The first-order chi connectivity index (χ1) is 10.2. The maximum Gasteiger partial charge on any atom is 0.0613 e. The first kappa shape index (κ1) is 15.4. The van der Waals surface area contributed by atoms with Gasteiger partial charge in [-0.25, -0.2) is 0 Å². The van der Waals surface area contributed by atoms with Gasteiger partial charge in [-0.15, -0.1) is 0 Å². The molecule has 2 fully saturated rings. The SMILES string of the molecule is Cc1ccccc1CSC1CCCC(CO)(NC2CC2)C1. The third-order valence-corrected chi connectivity index (χ3v) is 6.28. The van der Waals surface area contributed by atoms with Crippen LogP contribution in [0.2, 0.25) is 0 Å². The molecule has 0 spiro atoms. The summed E-state index contributed by atoms with van der Waals surface area (Å²) in [5.41, 5.74) is 2.85. The quantitative estimate of drug-likeness (QED) is 0.841. The van der Waals surface area contributed by atoms with Gasteiger partial charge in [0.25, 0.3) is 0 Å². The van der Waals surface area contributed by atoms with Gasteiger partial charge >= 0.3 is 0 Å². The van der Waals surface area contributed by atoms with Crippen LogP contribution >= 0.6 is 11.8 Å². The first-order valence-corrected chi connectivity index (χ1v) is 9.30. The molecular formula is C18H27NOS. The monoisotopic (exact) mass is 305 g/mol. The van der Waals surface area contributed by atoms with E-state index >= 15 is 0 Å². The Kier molecular flexibility index (Phi) is 4.92. The third-order valence-electron chi connectivity index (χ3n) is 4.93. The van der Waals surface area contributed by atoms with Crippen molar-refractivity contribution in [2.24, 2.45) is 0 Å². The zero-order chi connectivity index (χ0) is 14.7. The van der Waals surface area contributed by atoms with Crippen LogP contribution < -0.4 is 5.32 Å². The number of rotatable bonds is 6. The van der Waals surface area contributed by atoms with Crippen molar-refractivity contribution in [3.8, 4) is 0 Å². The number of thioether (sulfide) groups is 1. The normalized spacial score (nSPS) is 29.5. The fourth-order valence-electron chi connectivity index (χ4n) is 3.41. The van der Waals surface area contributed by atoms with Crippen molar-refractivity contribution in [1.82, 2.24) is 5.32 Å². The molecule has 2 N–H and O–H groups in total. The third kappa shape index (κ3) is 4.02. The minimum Gasteiger partial charge on any atom is -0.394 e. The van der Waals surface area contributed by atoms with E-state index < -0.39 is 0 Å². The molecule has 1 aromatic carbocycles. The summed E-state index contributed by atoms with van der Waals surface area (Å²) in [4.78, 5) is 0. The van der Waals surface area contributed by atoms with E-state index in [0.717, 1.165) is 18.6 Å². The molecule has 2 saturated carbocycles. The lowest BCUT2D eigenvalue weighted by atomic mass is 9.82. The van der Waals surface area contributed by atoms with Crippen molar-refractivity contribution in [3.05, 3.63) is 35.4 Å². The van der Waals surface area contributed by atoms with E-state index in [1.54, 1.807) is 0 Å². The fraction of sp³-hybridized carbons (Fsp3) is 0.667. The molecule has 21 heavy (non-hydrogen) atoms. The molecule has 3 heteroatoms. The highest BCUT2D eigenvalue weighted by Crippen LogP contribution is 2.38. The van der Waals surface area contributed by atoms with Crippen molar-refractivity contribution in [1.29, 1.82) is 0 Å². The van der Waals surface area contributed by atoms with Crippen LogP contribution in [0.15, 0.2) is 24.3 Å². The van der Waals surface area contributed by atoms with Crippen LogP contribution in [0.3, 0.4) is 0 Å². The highest BCUT2D eigenvalue weighted by Gasteiger charge is 2.39. The lowest BCUT2D eigenvalue weighted by Gasteiger charge is -2.40. The summed E-state index contributed by atoms with van der Waals surface area (Å²) in [5, 5.41) is 14.3. The average molecular weight is 305 g/mol. The Labute approximate surface area is 132 Å². The maximum absolute atomic E-state index is 9.89. The van der Waals surface area contributed by atoms with Crippen LogP contribution in [0.25, 0.3) is 0 Å². The molecule has 1 aromatic rings. The molecule has 2 aliphatic carbocycles. The van der Waals surface area contributed by atoms with E-state index in [1.807, 2.05) is 0 Å². The van der Waals surface area contributed by atoms with Crippen molar-refractivity contribution in [2.45, 2.75) is 68.0 Å². The Balaban J connectivity index is 1.56. The number of aliphatic hydroxyl groups excluding tert-OH is 1. The smallest absolute Gasteiger partial charge is 0.0613 e. The van der Waals surface area contributed by atoms with Gasteiger partial charge in [0, 0.05) is 22.6 Å². The van der Waals surface area contributed by atoms with E-state index in [2.05, 4.69) is 48.3 Å². The summed E-state index contributed by atoms with van der Waals surface area (Å²) in [6.07, 6.45) is 7.39. The van der Waals surface area contributed by atoms with Crippen molar-refractivity contribution >= 4 is 11.8 Å². The molecule has 2 nitrogen and oxygen atoms in total. The van der Waals surface area contributed by atoms with E-state index in [1.165, 1.54) is 36.8 Å². The largest absolute Gasteiger partial charge is 0.394 e. The maximum atomic E-state index is 9.89. The second-order valence-electron chi connectivity index (χ2n) is 6.81. The molecule has 0 amide bonds. The summed E-state index contributed by atoms with van der Waals surface area (Å²) in [6.45, 7) is 2.49. The molecule has 116 valence electrons. The highest BCUT2D eigenvalue weighted by atomic mass is 32.2. The standard InChI is InChI=1S/C18H27NOS/c1-14-5-2-3-6-15(14)12-21-17-7-4-10-18(11-17,13-20)19-16-8-9-16/h2-3,5-6,16-17,19-20H,4,7-13H2,1H3. The van der Waals surface area contributed by atoms with Crippen LogP contribution in [-0.2, 0) is 5.75 Å². The van der Waals surface area contributed by atoms with Crippen LogP contribution in [0, 0.1) is 6.92 Å². The van der Waals surface area contributed by atoms with Gasteiger partial charge in [0.15, 0.2) is 0 Å². The van der Waals surface area contributed by atoms with Crippen molar-refractivity contribution in [3.63, 3.8) is 0 Å². The van der Waals surface area contributed by atoms with Crippen LogP contribution in [0.4, 0.5) is 0 Å². The second kappa shape index (κ2) is 6.72. The molecule has 0 aliphatic heterocycles. The molecule has 0 aromatic heterocycles. The Hall–Kier alpha value is -0.510. The van der Waals surface area contributed by atoms with E-state index in [-0.39, 0.29) is 5.54 Å². The van der Waals surface area contributed by atoms with Gasteiger partial charge in [0.05, 0.1) is 6.61 Å². The van der Waals surface area contributed by atoms with Gasteiger partial charge in [0.1, 0.15) is 0 Å². The number of hydrogen-bond donors (Lipinski definition) is 2. The predicted molar refractivity (Wildman–Crippen MR) is 90.7 cm³/mol. The average Bonchev–Trinajstić information content (AvgIpc) is 3.31. The number of nitrogens with one attached hydrogen (secondary N) is 1. The van der Waals surface area contributed by atoms with E-state index in [0.29, 0.717) is 17.9 Å². The minimum absolute atomic E-state index is 0.00279. The van der Waals surface area contributed by atoms with E-state index in [9.17, 15) is 5.11 Å². The number of aliphatic hydroxyl groups is 1. The summed E-state index contributed by atoms with van der Waals surface area (Å²) in [7, 11) is 0. The van der Waals surface area contributed by atoms with E-state index in [4.69, 9.17) is 0 Å². The van der Waals surface area contributed by atoms with Crippen LogP contribution in [0.1, 0.15) is 49.7 Å². The molecule has 0 radical (unpaired) electrons. The zero-order valence-corrected chi connectivity index (χ0v) is 13.8. The predicted octanol–water partition coefficient (Wildman–Crippen LogP) is 3.65. The summed E-state index contributed by atoms with van der Waals surface area (Å²) in [6, 6.07) is 9.37. The van der Waals surface area contributed by atoms with Crippen LogP contribution in [-0.4, -0.2) is 28.5 Å². The van der Waals surface area contributed by atoms with Gasteiger partial charge in [-0.1, -0.05) is 30.7 Å². The highest BCUT2D eigenvalue weighted by molar-refractivity contribution is 7.99. The summed E-state index contributed by atoms with van der Waals surface area (Å²) < 4.78 is 0. The Morgan fingerprint density at radius 2 is 2.10 bits per heavy atom. The topological polar surface area (TPSA) is 32.3 Å². The van der Waals surface area contributed by atoms with Gasteiger partial charge in [0.2, 0.25) is 0 Å². The molecule has 3 rings (SSSR count). The molecule has 2 unspecified atom stereocenters. The van der Waals surface area contributed by atoms with Gasteiger partial charge in [-0.2, -0.15) is 11.8 Å². The minimum atomic E-state index is 0.00279. The summed E-state index contributed by atoms with van der Waals surface area (Å²) in [5.74, 6) is 1.10.